The van der Waals surface area contributed by atoms with E-state index in [0.29, 0.717) is 54.4 Å². The molecular formula is C31H30FN3O5. The number of hydrogen-bond donors (Lipinski definition) is 1. The molecule has 0 spiro atoms. The average molecular weight is 544 g/mol. The predicted molar refractivity (Wildman–Crippen MR) is 146 cm³/mol. The normalized spacial score (nSPS) is 19.9. The summed E-state index contributed by atoms with van der Waals surface area (Å²) in [5.41, 5.74) is 2.37. The number of halogens is 1. The summed E-state index contributed by atoms with van der Waals surface area (Å²) >= 11 is 0. The van der Waals surface area contributed by atoms with E-state index in [1.807, 2.05) is 29.2 Å². The first-order valence-electron chi connectivity index (χ1n) is 13.6. The molecule has 1 N–H and O–H groups in total. The molecule has 206 valence electrons. The zero-order valence-corrected chi connectivity index (χ0v) is 22.0. The van der Waals surface area contributed by atoms with Gasteiger partial charge in [-0.05, 0) is 61.2 Å². The number of imide groups is 1. The van der Waals surface area contributed by atoms with Crippen molar-refractivity contribution in [2.45, 2.75) is 25.4 Å². The fourth-order valence-corrected chi connectivity index (χ4v) is 5.64. The predicted octanol–water partition coefficient (Wildman–Crippen LogP) is 3.84. The van der Waals surface area contributed by atoms with Crippen LogP contribution in [0.2, 0.25) is 0 Å². The Balaban J connectivity index is 1.11. The van der Waals surface area contributed by atoms with Gasteiger partial charge in [0.05, 0.1) is 29.3 Å². The molecular weight excluding hydrogens is 513 g/mol. The average Bonchev–Trinajstić information content (AvgIpc) is 3.23. The van der Waals surface area contributed by atoms with Crippen LogP contribution in [0.15, 0.2) is 66.7 Å². The zero-order chi connectivity index (χ0) is 27.6. The van der Waals surface area contributed by atoms with Crippen LogP contribution in [0.4, 0.5) is 10.1 Å². The van der Waals surface area contributed by atoms with Gasteiger partial charge in [-0.1, -0.05) is 30.3 Å². The molecule has 3 aromatic rings. The van der Waals surface area contributed by atoms with E-state index in [1.54, 1.807) is 30.3 Å². The Labute approximate surface area is 231 Å². The van der Waals surface area contributed by atoms with Gasteiger partial charge in [0.1, 0.15) is 12.4 Å². The molecule has 3 amide bonds. The summed E-state index contributed by atoms with van der Waals surface area (Å²) < 4.78 is 24.9. The second-order valence-electron chi connectivity index (χ2n) is 10.4. The Kier molecular flexibility index (Phi) is 7.11. The third-order valence-corrected chi connectivity index (χ3v) is 7.69. The molecule has 2 unspecified atom stereocenters. The molecule has 1 fully saturated rings. The number of para-hydroxylation sites is 2. The van der Waals surface area contributed by atoms with Crippen LogP contribution in [-0.4, -0.2) is 61.5 Å². The molecule has 6 rings (SSSR count). The molecule has 3 aliphatic heterocycles. The van der Waals surface area contributed by atoms with E-state index in [-0.39, 0.29) is 42.6 Å². The number of amides is 3. The van der Waals surface area contributed by atoms with Crippen molar-refractivity contribution in [2.24, 2.45) is 5.92 Å². The van der Waals surface area contributed by atoms with E-state index in [0.717, 1.165) is 18.4 Å². The lowest BCUT2D eigenvalue weighted by Gasteiger charge is -2.34. The van der Waals surface area contributed by atoms with Crippen LogP contribution in [0, 0.1) is 11.7 Å². The Morgan fingerprint density at radius 2 is 1.77 bits per heavy atom. The molecule has 0 saturated carbocycles. The highest BCUT2D eigenvalue weighted by molar-refractivity contribution is 6.23. The SMILES string of the molecule is O=C(NCCc1ccc(F)cc1)C1CCCN(c2cccc3c2C(=O)N(CC2COc4ccccc4O2)C3=O)C1. The van der Waals surface area contributed by atoms with Crippen molar-refractivity contribution in [3.63, 3.8) is 0 Å². The van der Waals surface area contributed by atoms with Crippen LogP contribution < -0.4 is 19.7 Å². The maximum atomic E-state index is 13.6. The first-order chi connectivity index (χ1) is 19.5. The lowest BCUT2D eigenvalue weighted by atomic mass is 9.95. The number of hydrogen-bond acceptors (Lipinski definition) is 6. The molecule has 0 bridgehead atoms. The fraction of sp³-hybridized carbons (Fsp3) is 0.323. The fourth-order valence-electron chi connectivity index (χ4n) is 5.64. The summed E-state index contributed by atoms with van der Waals surface area (Å²) in [6.07, 6.45) is 1.67. The van der Waals surface area contributed by atoms with Gasteiger partial charge in [-0.25, -0.2) is 4.39 Å². The van der Waals surface area contributed by atoms with Crippen molar-refractivity contribution in [2.75, 3.05) is 37.7 Å². The number of ether oxygens (including phenoxy) is 2. The Hall–Kier alpha value is -4.40. The second kappa shape index (κ2) is 11.0. The van der Waals surface area contributed by atoms with Crippen LogP contribution in [0.3, 0.4) is 0 Å². The molecule has 40 heavy (non-hydrogen) atoms. The Bertz CT molecular complexity index is 1440. The summed E-state index contributed by atoms with van der Waals surface area (Å²) in [6, 6.07) is 18.9. The molecule has 8 nitrogen and oxygen atoms in total. The number of nitrogens with zero attached hydrogens (tertiary/aromatic N) is 2. The smallest absolute Gasteiger partial charge is 0.263 e. The van der Waals surface area contributed by atoms with E-state index in [9.17, 15) is 18.8 Å². The number of carbonyl (C=O) groups is 3. The van der Waals surface area contributed by atoms with Crippen molar-refractivity contribution in [1.29, 1.82) is 0 Å². The van der Waals surface area contributed by atoms with Gasteiger partial charge >= 0.3 is 0 Å². The van der Waals surface area contributed by atoms with E-state index >= 15 is 0 Å². The third-order valence-electron chi connectivity index (χ3n) is 7.69. The molecule has 0 radical (unpaired) electrons. The monoisotopic (exact) mass is 543 g/mol. The highest BCUT2D eigenvalue weighted by Gasteiger charge is 2.41. The first-order valence-corrected chi connectivity index (χ1v) is 13.6. The number of benzene rings is 3. The van der Waals surface area contributed by atoms with Gasteiger partial charge in [-0.2, -0.15) is 0 Å². The van der Waals surface area contributed by atoms with Crippen LogP contribution in [0.25, 0.3) is 0 Å². The van der Waals surface area contributed by atoms with Crippen LogP contribution >= 0.6 is 0 Å². The van der Waals surface area contributed by atoms with Crippen molar-refractivity contribution >= 4 is 23.4 Å². The summed E-state index contributed by atoms with van der Waals surface area (Å²) in [7, 11) is 0. The highest BCUT2D eigenvalue weighted by atomic mass is 19.1. The summed E-state index contributed by atoms with van der Waals surface area (Å²) in [6.45, 7) is 1.92. The molecule has 3 aromatic carbocycles. The Morgan fingerprint density at radius 1 is 0.975 bits per heavy atom. The van der Waals surface area contributed by atoms with Crippen molar-refractivity contribution in [1.82, 2.24) is 10.2 Å². The maximum absolute atomic E-state index is 13.6. The van der Waals surface area contributed by atoms with Crippen molar-refractivity contribution < 1.29 is 28.2 Å². The minimum atomic E-state index is -0.474. The molecule has 2 atom stereocenters. The highest BCUT2D eigenvalue weighted by Crippen LogP contribution is 2.36. The van der Waals surface area contributed by atoms with Gasteiger partial charge in [0, 0.05) is 19.6 Å². The lowest BCUT2D eigenvalue weighted by molar-refractivity contribution is -0.125. The van der Waals surface area contributed by atoms with Gasteiger partial charge in [0.2, 0.25) is 5.91 Å². The van der Waals surface area contributed by atoms with Crippen LogP contribution in [-0.2, 0) is 11.2 Å². The second-order valence-corrected chi connectivity index (χ2v) is 10.4. The van der Waals surface area contributed by atoms with Crippen molar-refractivity contribution in [3.8, 4) is 11.5 Å². The van der Waals surface area contributed by atoms with Gasteiger partial charge in [-0.3, -0.25) is 19.3 Å². The number of nitrogens with one attached hydrogen (secondary N) is 1. The van der Waals surface area contributed by atoms with Crippen molar-refractivity contribution in [3.05, 3.63) is 89.2 Å². The molecule has 3 aliphatic rings. The topological polar surface area (TPSA) is 88.2 Å². The number of anilines is 1. The third kappa shape index (κ3) is 5.11. The number of rotatable bonds is 7. The number of piperidine rings is 1. The molecule has 0 aliphatic carbocycles. The quantitative estimate of drug-likeness (QED) is 0.456. The number of carbonyl (C=O) groups excluding carboxylic acids is 3. The van der Waals surface area contributed by atoms with Gasteiger partial charge in [-0.15, -0.1) is 0 Å². The molecule has 1 saturated heterocycles. The van der Waals surface area contributed by atoms with E-state index in [2.05, 4.69) is 5.32 Å². The van der Waals surface area contributed by atoms with Crippen LogP contribution in [0.5, 0.6) is 11.5 Å². The van der Waals surface area contributed by atoms with Gasteiger partial charge in [0.25, 0.3) is 11.8 Å². The first kappa shape index (κ1) is 25.9. The summed E-state index contributed by atoms with van der Waals surface area (Å²) in [5.74, 6) is -0.0470. The lowest BCUT2D eigenvalue weighted by Crippen LogP contribution is -2.44. The molecule has 9 heteroatoms. The Morgan fingerprint density at radius 3 is 2.60 bits per heavy atom. The molecule has 3 heterocycles. The summed E-state index contributed by atoms with van der Waals surface area (Å²) in [5, 5.41) is 3.00. The minimum Gasteiger partial charge on any atom is -0.486 e. The zero-order valence-electron chi connectivity index (χ0n) is 22.0. The van der Waals surface area contributed by atoms with E-state index in [4.69, 9.17) is 9.47 Å². The van der Waals surface area contributed by atoms with E-state index in [1.165, 1.54) is 17.0 Å². The maximum Gasteiger partial charge on any atom is 0.263 e. The van der Waals surface area contributed by atoms with Crippen LogP contribution in [0.1, 0.15) is 39.1 Å². The number of fused-ring (bicyclic) bond motifs is 2. The molecule has 0 aromatic heterocycles. The largest absolute Gasteiger partial charge is 0.486 e. The van der Waals surface area contributed by atoms with E-state index < -0.39 is 6.10 Å². The summed E-state index contributed by atoms with van der Waals surface area (Å²) in [4.78, 5) is 43.1. The van der Waals surface area contributed by atoms with Gasteiger partial charge in [0.15, 0.2) is 17.6 Å². The van der Waals surface area contributed by atoms with Gasteiger partial charge < -0.3 is 19.7 Å². The standard InChI is InChI=1S/C31H30FN3O5/c32-22-12-10-20(11-13-22)14-15-33-29(36)21-5-4-16-34(17-21)25-7-3-6-24-28(25)31(38)35(30(24)37)18-23-19-39-26-8-1-2-9-27(26)40-23/h1-3,6-13,21,23H,4-5,14-19H2,(H,33,36). The minimum absolute atomic E-state index is 0.0434.